The average molecular weight is 636 g/mol. The maximum atomic E-state index is 6.14. The number of likely N-dealkylation sites (N-methyl/N-ethyl adjacent to an activating group) is 1. The fraction of sp³-hybridized carbons (Fsp3) is 0.902. The Hall–Kier alpha value is -0.170. The third kappa shape index (κ3) is 31.8. The van der Waals surface area contributed by atoms with Crippen molar-refractivity contribution in [2.24, 2.45) is 0 Å². The molecule has 0 saturated carbocycles. The van der Waals surface area contributed by atoms with Crippen LogP contribution in [0.5, 0.6) is 0 Å². The SMILES string of the molecule is CCCCCCCCC=CCCCCCCCCC(CCCCCCCCC=CCCCCCCCC)(C[N+](C)(C)C)O[PH-]. The largest absolute Gasteiger partial charge is 0.552 e. The number of unbranched alkanes of at least 4 members (excludes halogenated alkanes) is 24. The van der Waals surface area contributed by atoms with Crippen molar-refractivity contribution < 1.29 is 9.01 Å². The maximum absolute atomic E-state index is 6.14. The van der Waals surface area contributed by atoms with Gasteiger partial charge in [0.15, 0.2) is 0 Å². The minimum absolute atomic E-state index is 0.0310. The van der Waals surface area contributed by atoms with Gasteiger partial charge in [-0.15, -0.1) is 0 Å². The molecule has 0 saturated heterocycles. The smallest absolute Gasteiger partial charge is 0.105 e. The molecule has 0 spiro atoms. The first-order valence-electron chi connectivity index (χ1n) is 19.8. The van der Waals surface area contributed by atoms with E-state index in [9.17, 15) is 0 Å². The van der Waals surface area contributed by atoms with E-state index >= 15 is 0 Å². The summed E-state index contributed by atoms with van der Waals surface area (Å²) < 4.78 is 7.10. The summed E-state index contributed by atoms with van der Waals surface area (Å²) in [5.74, 6) is 0. The molecule has 44 heavy (non-hydrogen) atoms. The lowest BCUT2D eigenvalue weighted by atomic mass is 9.88. The van der Waals surface area contributed by atoms with E-state index in [4.69, 9.17) is 4.52 Å². The fourth-order valence-corrected chi connectivity index (χ4v) is 6.94. The number of hydrogen-bond donors (Lipinski definition) is 0. The molecule has 0 amide bonds. The zero-order chi connectivity index (χ0) is 32.5. The van der Waals surface area contributed by atoms with Crippen LogP contribution in [0.1, 0.15) is 206 Å². The van der Waals surface area contributed by atoms with Gasteiger partial charge in [-0.25, -0.2) is 0 Å². The van der Waals surface area contributed by atoms with Crippen LogP contribution in [0.3, 0.4) is 0 Å². The van der Waals surface area contributed by atoms with E-state index in [1.165, 1.54) is 193 Å². The highest BCUT2D eigenvalue weighted by Crippen LogP contribution is 2.31. The predicted molar refractivity (Wildman–Crippen MR) is 203 cm³/mol. The molecule has 0 aromatic carbocycles. The molecular weight excluding hydrogens is 553 g/mol. The maximum Gasteiger partial charge on any atom is 0.105 e. The lowest BCUT2D eigenvalue weighted by Crippen LogP contribution is -2.49. The number of allylic oxidation sites excluding steroid dienone is 4. The van der Waals surface area contributed by atoms with Crippen LogP contribution < -0.4 is 0 Å². The molecule has 2 nitrogen and oxygen atoms in total. The van der Waals surface area contributed by atoms with Crippen LogP contribution in [0.2, 0.25) is 0 Å². The Bertz CT molecular complexity index is 581. The summed E-state index contributed by atoms with van der Waals surface area (Å²) in [4.78, 5) is 0. The standard InChI is InChI=1S/C41H82NOP/c1-6-8-10-12-14-16-18-20-22-24-26-28-30-32-34-36-38-41(43-44,40-42(3,4)5)39-37-35-33-31-29-27-25-23-21-19-17-15-13-11-9-7-2/h20-23,44H,6-19,24-40H2,1-5H3. The van der Waals surface area contributed by atoms with Crippen LogP contribution in [-0.2, 0) is 4.52 Å². The van der Waals surface area contributed by atoms with Crippen LogP contribution in [0.25, 0.3) is 0 Å². The molecule has 0 N–H and O–H groups in total. The first kappa shape index (κ1) is 43.8. The van der Waals surface area contributed by atoms with Crippen molar-refractivity contribution in [2.45, 2.75) is 212 Å². The van der Waals surface area contributed by atoms with Gasteiger partial charge in [0.2, 0.25) is 0 Å². The van der Waals surface area contributed by atoms with E-state index in [2.05, 4.69) is 68.8 Å². The number of quaternary nitrogens is 1. The molecule has 0 radical (unpaired) electrons. The minimum atomic E-state index is -0.0310. The predicted octanol–water partition coefficient (Wildman–Crippen LogP) is 14.4. The highest BCUT2D eigenvalue weighted by atomic mass is 31.0. The van der Waals surface area contributed by atoms with E-state index < -0.39 is 0 Å². The summed E-state index contributed by atoms with van der Waals surface area (Å²) in [5.41, 5.74) is -0.0310. The topological polar surface area (TPSA) is 9.23 Å². The molecule has 0 aromatic heterocycles. The zero-order valence-corrected chi connectivity index (χ0v) is 32.1. The van der Waals surface area contributed by atoms with Crippen molar-refractivity contribution in [3.63, 3.8) is 0 Å². The molecule has 3 heteroatoms. The van der Waals surface area contributed by atoms with Crippen LogP contribution in [0.15, 0.2) is 24.3 Å². The molecular formula is C41H82NOP. The summed E-state index contributed by atoms with van der Waals surface area (Å²) in [7, 11) is 10.5. The van der Waals surface area contributed by atoms with Crippen molar-refractivity contribution >= 4 is 9.47 Å². The molecule has 0 fully saturated rings. The monoisotopic (exact) mass is 636 g/mol. The van der Waals surface area contributed by atoms with Crippen molar-refractivity contribution in [3.8, 4) is 0 Å². The Kier molecular flexibility index (Phi) is 32.6. The van der Waals surface area contributed by atoms with Crippen molar-refractivity contribution in [1.82, 2.24) is 0 Å². The third-order valence-electron chi connectivity index (χ3n) is 9.27. The van der Waals surface area contributed by atoms with Crippen LogP contribution in [0, 0.1) is 0 Å². The van der Waals surface area contributed by atoms with Gasteiger partial charge in [0.05, 0.1) is 26.7 Å². The molecule has 0 bridgehead atoms. The third-order valence-corrected chi connectivity index (χ3v) is 9.70. The van der Waals surface area contributed by atoms with Gasteiger partial charge in [-0.1, -0.05) is 167 Å². The first-order chi connectivity index (χ1) is 21.4. The Morgan fingerprint density at radius 1 is 0.432 bits per heavy atom. The van der Waals surface area contributed by atoms with E-state index in [-0.39, 0.29) is 5.60 Å². The van der Waals surface area contributed by atoms with Crippen molar-refractivity contribution in [2.75, 3.05) is 27.7 Å². The zero-order valence-electron chi connectivity index (χ0n) is 31.1. The Morgan fingerprint density at radius 3 is 0.977 bits per heavy atom. The van der Waals surface area contributed by atoms with Crippen LogP contribution in [-0.4, -0.2) is 37.8 Å². The second-order valence-corrected chi connectivity index (χ2v) is 15.3. The molecule has 0 atom stereocenters. The van der Waals surface area contributed by atoms with E-state index in [0.717, 1.165) is 11.0 Å². The van der Waals surface area contributed by atoms with Gasteiger partial charge in [0.25, 0.3) is 0 Å². The quantitative estimate of drug-likeness (QED) is 0.0291. The highest BCUT2D eigenvalue weighted by Gasteiger charge is 2.32. The van der Waals surface area contributed by atoms with Gasteiger partial charge in [-0.2, -0.15) is 0 Å². The molecule has 0 rings (SSSR count). The lowest BCUT2D eigenvalue weighted by molar-refractivity contribution is -0.876. The normalized spacial score (nSPS) is 13.9. The summed E-state index contributed by atoms with van der Waals surface area (Å²) in [6.07, 6.45) is 50.3. The number of rotatable bonds is 35. The van der Waals surface area contributed by atoms with Gasteiger partial charge >= 0.3 is 0 Å². The van der Waals surface area contributed by atoms with E-state index in [1.807, 2.05) is 0 Å². The minimum Gasteiger partial charge on any atom is -0.552 e. The summed E-state index contributed by atoms with van der Waals surface area (Å²) in [6, 6.07) is 0. The summed E-state index contributed by atoms with van der Waals surface area (Å²) >= 11 is 0. The molecule has 0 aromatic rings. The first-order valence-corrected chi connectivity index (χ1v) is 20.2. The molecule has 0 unspecified atom stereocenters. The highest BCUT2D eigenvalue weighted by molar-refractivity contribution is 7.09. The molecule has 0 heterocycles. The molecule has 0 aliphatic rings. The second-order valence-electron chi connectivity index (χ2n) is 15.1. The van der Waals surface area contributed by atoms with Crippen molar-refractivity contribution in [3.05, 3.63) is 24.3 Å². The average Bonchev–Trinajstić information content (AvgIpc) is 2.99. The fourth-order valence-electron chi connectivity index (χ4n) is 6.67. The van der Waals surface area contributed by atoms with Gasteiger partial charge in [-0.05, 0) is 64.2 Å². The van der Waals surface area contributed by atoms with Crippen molar-refractivity contribution in [1.29, 1.82) is 0 Å². The summed E-state index contributed by atoms with van der Waals surface area (Å²) in [6.45, 7) is 5.66. The van der Waals surface area contributed by atoms with Gasteiger partial charge in [0.1, 0.15) is 6.54 Å². The second kappa shape index (κ2) is 32.8. The Labute approximate surface area is 281 Å². The Balaban J connectivity index is 3.94. The van der Waals surface area contributed by atoms with Gasteiger partial charge < -0.3 is 18.5 Å². The molecule has 262 valence electrons. The van der Waals surface area contributed by atoms with Crippen LogP contribution >= 0.6 is 9.47 Å². The Morgan fingerprint density at radius 2 is 0.705 bits per heavy atom. The van der Waals surface area contributed by atoms with E-state index in [1.54, 1.807) is 0 Å². The number of nitrogens with zero attached hydrogens (tertiary/aromatic N) is 1. The van der Waals surface area contributed by atoms with E-state index in [0.29, 0.717) is 0 Å². The lowest BCUT2D eigenvalue weighted by Gasteiger charge is -2.42. The van der Waals surface area contributed by atoms with Gasteiger partial charge in [0, 0.05) is 0 Å². The molecule has 0 aliphatic heterocycles. The summed E-state index contributed by atoms with van der Waals surface area (Å²) in [5, 5.41) is 0. The van der Waals surface area contributed by atoms with Gasteiger partial charge in [-0.3, -0.25) is 0 Å². The van der Waals surface area contributed by atoms with Crippen LogP contribution in [0.4, 0.5) is 0 Å². The number of hydrogen-bond acceptors (Lipinski definition) is 1. The molecule has 0 aliphatic carbocycles.